The van der Waals surface area contributed by atoms with Gasteiger partial charge in [0, 0.05) is 17.6 Å². The number of benzene rings is 2. The first-order chi connectivity index (χ1) is 14.0. The van der Waals surface area contributed by atoms with Crippen molar-refractivity contribution in [3.8, 4) is 5.75 Å². The van der Waals surface area contributed by atoms with E-state index < -0.39 is 29.6 Å². The van der Waals surface area contributed by atoms with E-state index in [1.165, 1.54) is 0 Å². The highest BCUT2D eigenvalue weighted by Gasteiger charge is 2.30. The van der Waals surface area contributed by atoms with Crippen LogP contribution in [-0.4, -0.2) is 24.9 Å². The molecule has 2 unspecified atom stereocenters. The van der Waals surface area contributed by atoms with Crippen LogP contribution in [0, 0.1) is 11.8 Å². The fourth-order valence-corrected chi connectivity index (χ4v) is 3.25. The number of methoxy groups -OCH3 is 1. The molecule has 150 valence electrons. The molecule has 7 heteroatoms. The molecule has 7 nitrogen and oxygen atoms in total. The summed E-state index contributed by atoms with van der Waals surface area (Å²) in [5.74, 6) is -3.07. The summed E-state index contributed by atoms with van der Waals surface area (Å²) in [5.41, 5.74) is 1.16. The smallest absolute Gasteiger partial charge is 0.257 e. The number of carboxylic acid groups (broad SMARTS) is 1. The lowest BCUT2D eigenvalue weighted by molar-refractivity contribution is -0.313. The van der Waals surface area contributed by atoms with Gasteiger partial charge < -0.3 is 25.3 Å². The highest BCUT2D eigenvalue weighted by molar-refractivity contribution is 6.10. The Hall–Kier alpha value is -3.61. The van der Waals surface area contributed by atoms with Gasteiger partial charge in [0.05, 0.1) is 24.3 Å². The summed E-state index contributed by atoms with van der Waals surface area (Å²) in [6.07, 6.45) is 4.08. The third kappa shape index (κ3) is 4.82. The first-order valence-electron chi connectivity index (χ1n) is 9.20. The van der Waals surface area contributed by atoms with Gasteiger partial charge >= 0.3 is 0 Å². The monoisotopic (exact) mass is 393 g/mol. The van der Waals surface area contributed by atoms with Crippen LogP contribution in [0.2, 0.25) is 0 Å². The van der Waals surface area contributed by atoms with Gasteiger partial charge in [0.2, 0.25) is 5.91 Å². The molecule has 2 N–H and O–H groups in total. The number of anilines is 2. The molecule has 2 amide bonds. The quantitative estimate of drug-likeness (QED) is 0.732. The topological polar surface area (TPSA) is 108 Å². The third-order valence-electron chi connectivity index (χ3n) is 4.85. The number of allylic oxidation sites excluding steroid dienone is 2. The molecule has 2 aromatic rings. The second-order valence-corrected chi connectivity index (χ2v) is 6.69. The SMILES string of the molecule is COc1ccc(NC(=O)c2ccccc2NC(=O)C2CC=CCC2C(=O)[O-])cc1. The van der Waals surface area contributed by atoms with Gasteiger partial charge in [-0.15, -0.1) is 0 Å². The van der Waals surface area contributed by atoms with Crippen LogP contribution in [0.5, 0.6) is 5.75 Å². The summed E-state index contributed by atoms with van der Waals surface area (Å²) >= 11 is 0. The summed E-state index contributed by atoms with van der Waals surface area (Å²) in [6, 6.07) is 13.4. The van der Waals surface area contributed by atoms with E-state index in [0.29, 0.717) is 23.5 Å². The zero-order valence-electron chi connectivity index (χ0n) is 15.9. The number of carboxylic acids is 1. The average Bonchev–Trinajstić information content (AvgIpc) is 2.74. The number of rotatable bonds is 6. The predicted octanol–water partition coefficient (Wildman–Crippen LogP) is 2.22. The number of carbonyl (C=O) groups is 3. The van der Waals surface area contributed by atoms with E-state index in [4.69, 9.17) is 4.74 Å². The Labute approximate surface area is 168 Å². The highest BCUT2D eigenvalue weighted by atomic mass is 16.5. The molecule has 0 aliphatic heterocycles. The molecule has 0 fully saturated rings. The Kier molecular flexibility index (Phi) is 6.29. The van der Waals surface area contributed by atoms with E-state index >= 15 is 0 Å². The number of carbonyl (C=O) groups excluding carboxylic acids is 3. The molecule has 0 saturated heterocycles. The van der Waals surface area contributed by atoms with Crippen LogP contribution in [-0.2, 0) is 9.59 Å². The Bertz CT molecular complexity index is 936. The predicted molar refractivity (Wildman–Crippen MR) is 106 cm³/mol. The lowest BCUT2D eigenvalue weighted by atomic mass is 9.82. The van der Waals surface area contributed by atoms with Gasteiger partial charge in [-0.25, -0.2) is 0 Å². The number of amides is 2. The highest BCUT2D eigenvalue weighted by Crippen LogP contribution is 2.27. The number of aliphatic carboxylic acids is 1. The fraction of sp³-hybridized carbons (Fsp3) is 0.227. The first-order valence-corrected chi connectivity index (χ1v) is 9.20. The van der Waals surface area contributed by atoms with E-state index in [1.54, 1.807) is 67.8 Å². The third-order valence-corrected chi connectivity index (χ3v) is 4.85. The van der Waals surface area contributed by atoms with Crippen LogP contribution < -0.4 is 20.5 Å². The lowest BCUT2D eigenvalue weighted by Gasteiger charge is -2.28. The molecule has 29 heavy (non-hydrogen) atoms. The summed E-state index contributed by atoms with van der Waals surface area (Å²) in [5, 5.41) is 16.8. The first kappa shape index (κ1) is 20.1. The summed E-state index contributed by atoms with van der Waals surface area (Å²) in [6.45, 7) is 0. The largest absolute Gasteiger partial charge is 0.550 e. The van der Waals surface area contributed by atoms with Crippen LogP contribution in [0.1, 0.15) is 23.2 Å². The van der Waals surface area contributed by atoms with Gasteiger partial charge in [0.1, 0.15) is 5.75 Å². The molecule has 0 heterocycles. The maximum atomic E-state index is 12.7. The van der Waals surface area contributed by atoms with Crippen molar-refractivity contribution < 1.29 is 24.2 Å². The molecule has 0 radical (unpaired) electrons. The average molecular weight is 393 g/mol. The van der Waals surface area contributed by atoms with Crippen LogP contribution in [0.3, 0.4) is 0 Å². The van der Waals surface area contributed by atoms with E-state index in [9.17, 15) is 19.5 Å². The van der Waals surface area contributed by atoms with Crippen molar-refractivity contribution in [3.63, 3.8) is 0 Å². The minimum atomic E-state index is -1.25. The Balaban J connectivity index is 1.75. The fourth-order valence-electron chi connectivity index (χ4n) is 3.25. The molecule has 1 aliphatic carbocycles. The number of para-hydroxylation sites is 1. The second kappa shape index (κ2) is 9.05. The Morgan fingerprint density at radius 2 is 1.59 bits per heavy atom. The van der Waals surface area contributed by atoms with Crippen LogP contribution in [0.4, 0.5) is 11.4 Å². The van der Waals surface area contributed by atoms with Crippen molar-refractivity contribution in [2.45, 2.75) is 12.8 Å². The number of hydrogen-bond donors (Lipinski definition) is 2. The van der Waals surface area contributed by atoms with Gasteiger partial charge in [-0.2, -0.15) is 0 Å². The Morgan fingerprint density at radius 3 is 2.24 bits per heavy atom. The molecule has 0 bridgehead atoms. The second-order valence-electron chi connectivity index (χ2n) is 6.69. The van der Waals surface area contributed by atoms with Crippen molar-refractivity contribution in [2.24, 2.45) is 11.8 Å². The molecule has 0 aromatic heterocycles. The van der Waals surface area contributed by atoms with Gasteiger partial charge in [-0.05, 0) is 49.2 Å². The maximum absolute atomic E-state index is 12.7. The summed E-state index contributed by atoms with van der Waals surface area (Å²) < 4.78 is 5.09. The molecule has 3 rings (SSSR count). The van der Waals surface area contributed by atoms with Gasteiger partial charge in [0.15, 0.2) is 0 Å². The number of hydrogen-bond acceptors (Lipinski definition) is 5. The van der Waals surface area contributed by atoms with Crippen molar-refractivity contribution in [2.75, 3.05) is 17.7 Å². The van der Waals surface area contributed by atoms with Crippen LogP contribution in [0.25, 0.3) is 0 Å². The number of ether oxygens (including phenoxy) is 1. The molecule has 1 aliphatic rings. The molecule has 0 spiro atoms. The summed E-state index contributed by atoms with van der Waals surface area (Å²) in [4.78, 5) is 36.8. The Morgan fingerprint density at radius 1 is 0.931 bits per heavy atom. The van der Waals surface area contributed by atoms with Gasteiger partial charge in [-0.1, -0.05) is 24.3 Å². The minimum absolute atomic E-state index is 0.250. The van der Waals surface area contributed by atoms with E-state index in [0.717, 1.165) is 0 Å². The van der Waals surface area contributed by atoms with E-state index in [-0.39, 0.29) is 12.0 Å². The van der Waals surface area contributed by atoms with Crippen molar-refractivity contribution in [1.29, 1.82) is 0 Å². The zero-order valence-corrected chi connectivity index (χ0v) is 15.9. The molecule has 2 aromatic carbocycles. The minimum Gasteiger partial charge on any atom is -0.550 e. The van der Waals surface area contributed by atoms with Gasteiger partial charge in [-0.3, -0.25) is 9.59 Å². The lowest BCUT2D eigenvalue weighted by Crippen LogP contribution is -2.41. The molecule has 0 saturated carbocycles. The zero-order chi connectivity index (χ0) is 20.8. The van der Waals surface area contributed by atoms with Crippen molar-refractivity contribution in [3.05, 3.63) is 66.2 Å². The van der Waals surface area contributed by atoms with Crippen LogP contribution in [0.15, 0.2) is 60.7 Å². The maximum Gasteiger partial charge on any atom is 0.257 e. The van der Waals surface area contributed by atoms with Crippen molar-refractivity contribution >= 4 is 29.2 Å². The molecular weight excluding hydrogens is 372 g/mol. The molecular formula is C22H21N2O5-. The van der Waals surface area contributed by atoms with E-state index in [1.807, 2.05) is 0 Å². The van der Waals surface area contributed by atoms with Crippen molar-refractivity contribution in [1.82, 2.24) is 0 Å². The van der Waals surface area contributed by atoms with E-state index in [2.05, 4.69) is 10.6 Å². The van der Waals surface area contributed by atoms with Gasteiger partial charge in [0.25, 0.3) is 5.91 Å². The number of nitrogens with one attached hydrogen (secondary N) is 2. The standard InChI is InChI=1S/C22H22N2O5/c1-29-15-12-10-14(11-13-15)23-21(26)18-8-4-5-9-19(18)24-20(25)16-6-2-3-7-17(16)22(27)28/h2-5,8-13,16-17H,6-7H2,1H3,(H,23,26)(H,24,25)(H,27,28)/p-1. The molecule has 2 atom stereocenters. The summed E-state index contributed by atoms with van der Waals surface area (Å²) in [7, 11) is 1.56. The normalized spacial score (nSPS) is 18.0. The van der Waals surface area contributed by atoms with Crippen LogP contribution >= 0.6 is 0 Å².